The highest BCUT2D eigenvalue weighted by Crippen LogP contribution is 2.60. The molecule has 13 heavy (non-hydrogen) atoms. The first-order valence-electron chi connectivity index (χ1n) is 5.28. The summed E-state index contributed by atoms with van der Waals surface area (Å²) in [5.74, 6) is 1.22. The number of hydrogen-bond donors (Lipinski definition) is 0. The van der Waals surface area contributed by atoms with E-state index in [0.717, 1.165) is 15.7 Å². The van der Waals surface area contributed by atoms with Gasteiger partial charge in [-0.05, 0) is 21.5 Å². The van der Waals surface area contributed by atoms with Crippen LogP contribution in [0.15, 0.2) is 12.7 Å². The monoisotopic (exact) mass is 202 g/mol. The summed E-state index contributed by atoms with van der Waals surface area (Å²) < 4.78 is 0. The van der Waals surface area contributed by atoms with E-state index < -0.39 is 10.0 Å². The molecular weight excluding hydrogens is 176 g/mol. The van der Waals surface area contributed by atoms with Gasteiger partial charge in [-0.2, -0.15) is 0 Å². The summed E-state index contributed by atoms with van der Waals surface area (Å²) in [6.07, 6.45) is 2.12. The topological polar surface area (TPSA) is 0 Å². The fourth-order valence-electron chi connectivity index (χ4n) is 2.41. The zero-order valence-electron chi connectivity index (χ0n) is 10.1. The molecule has 0 aliphatic carbocycles. The van der Waals surface area contributed by atoms with Crippen LogP contribution in [-0.4, -0.2) is 21.5 Å². The lowest BCUT2D eigenvalue weighted by Crippen LogP contribution is -2.30. The van der Waals surface area contributed by atoms with E-state index in [2.05, 4.69) is 54.2 Å². The number of rotatable bonds is 5. The molecule has 0 atom stereocenters. The first-order valence-corrected chi connectivity index (χ1v) is 7.27. The fraction of sp³-hybridized carbons (Fsp3) is 0.833. The Morgan fingerprint density at radius 2 is 1.23 bits per heavy atom. The van der Waals surface area contributed by atoms with Crippen LogP contribution in [0.3, 0.4) is 0 Å². The molecule has 0 aromatic carbocycles. The van der Waals surface area contributed by atoms with Crippen molar-refractivity contribution in [2.75, 3.05) is 5.75 Å². The average Bonchev–Trinajstić information content (AvgIpc) is 1.97. The quantitative estimate of drug-likeness (QED) is 0.586. The molecule has 0 aliphatic heterocycles. The standard InChI is InChI=1S/C12H26S/c1-8-9-13(10(2)3,11(4)5)12(6)7/h8,10-12H,1,9H2,2-7H3. The Balaban J connectivity index is 4.92. The van der Waals surface area contributed by atoms with Crippen LogP contribution in [0.25, 0.3) is 0 Å². The van der Waals surface area contributed by atoms with Crippen LogP contribution in [0.4, 0.5) is 0 Å². The van der Waals surface area contributed by atoms with Crippen LogP contribution in [0.1, 0.15) is 41.5 Å². The molecule has 0 bridgehead atoms. The van der Waals surface area contributed by atoms with Gasteiger partial charge >= 0.3 is 0 Å². The average molecular weight is 202 g/mol. The van der Waals surface area contributed by atoms with Crippen LogP contribution in [0.5, 0.6) is 0 Å². The highest BCUT2D eigenvalue weighted by molar-refractivity contribution is 8.35. The third-order valence-corrected chi connectivity index (χ3v) is 9.12. The van der Waals surface area contributed by atoms with Gasteiger partial charge in [0.05, 0.1) is 0 Å². The minimum Gasteiger partial charge on any atom is -0.231 e. The van der Waals surface area contributed by atoms with Crippen molar-refractivity contribution in [2.24, 2.45) is 0 Å². The van der Waals surface area contributed by atoms with Crippen LogP contribution in [0, 0.1) is 0 Å². The predicted molar refractivity (Wildman–Crippen MR) is 68.1 cm³/mol. The summed E-state index contributed by atoms with van der Waals surface area (Å²) in [5.41, 5.74) is 0. The van der Waals surface area contributed by atoms with Crippen molar-refractivity contribution in [3.63, 3.8) is 0 Å². The summed E-state index contributed by atoms with van der Waals surface area (Å²) in [6.45, 7) is 18.2. The van der Waals surface area contributed by atoms with E-state index in [4.69, 9.17) is 0 Å². The maximum atomic E-state index is 3.91. The van der Waals surface area contributed by atoms with E-state index in [0.29, 0.717) is 0 Å². The van der Waals surface area contributed by atoms with E-state index >= 15 is 0 Å². The van der Waals surface area contributed by atoms with Gasteiger partial charge in [-0.1, -0.05) is 47.6 Å². The van der Waals surface area contributed by atoms with E-state index in [1.165, 1.54) is 5.75 Å². The van der Waals surface area contributed by atoms with E-state index in [9.17, 15) is 0 Å². The van der Waals surface area contributed by atoms with E-state index in [-0.39, 0.29) is 0 Å². The van der Waals surface area contributed by atoms with Crippen molar-refractivity contribution in [1.82, 2.24) is 0 Å². The molecule has 0 aromatic rings. The van der Waals surface area contributed by atoms with Gasteiger partial charge in [-0.15, -0.1) is 6.58 Å². The molecule has 80 valence electrons. The Bertz CT molecular complexity index is 135. The first kappa shape index (κ1) is 13.1. The second kappa shape index (κ2) is 5.09. The molecule has 0 saturated carbocycles. The Kier molecular flexibility index (Phi) is 5.13. The van der Waals surface area contributed by atoms with Crippen molar-refractivity contribution in [1.29, 1.82) is 0 Å². The van der Waals surface area contributed by atoms with Crippen molar-refractivity contribution in [3.05, 3.63) is 12.7 Å². The lowest BCUT2D eigenvalue weighted by molar-refractivity contribution is 0.944. The molecule has 0 aromatic heterocycles. The second-order valence-corrected chi connectivity index (χ2v) is 9.49. The lowest BCUT2D eigenvalue weighted by Gasteiger charge is -2.51. The van der Waals surface area contributed by atoms with Crippen molar-refractivity contribution >= 4 is 10.0 Å². The Labute approximate surface area is 86.1 Å². The van der Waals surface area contributed by atoms with Crippen molar-refractivity contribution in [3.8, 4) is 0 Å². The highest BCUT2D eigenvalue weighted by Gasteiger charge is 2.32. The van der Waals surface area contributed by atoms with Gasteiger partial charge < -0.3 is 0 Å². The maximum Gasteiger partial charge on any atom is -0.00423 e. The van der Waals surface area contributed by atoms with Gasteiger partial charge in [0.15, 0.2) is 0 Å². The third kappa shape index (κ3) is 2.52. The molecule has 0 radical (unpaired) electrons. The second-order valence-electron chi connectivity index (χ2n) is 4.51. The van der Waals surface area contributed by atoms with E-state index in [1.54, 1.807) is 0 Å². The largest absolute Gasteiger partial charge is 0.231 e. The Hall–Kier alpha value is 0.0900. The molecule has 0 N–H and O–H groups in total. The van der Waals surface area contributed by atoms with Crippen molar-refractivity contribution in [2.45, 2.75) is 57.3 Å². The minimum atomic E-state index is -0.514. The smallest absolute Gasteiger partial charge is 0.00423 e. The summed E-state index contributed by atoms with van der Waals surface area (Å²) in [7, 11) is -0.514. The number of hydrogen-bond acceptors (Lipinski definition) is 0. The van der Waals surface area contributed by atoms with Crippen LogP contribution in [0.2, 0.25) is 0 Å². The molecular formula is C12H26S. The summed E-state index contributed by atoms with van der Waals surface area (Å²) >= 11 is 0. The van der Waals surface area contributed by atoms with Crippen LogP contribution < -0.4 is 0 Å². The lowest BCUT2D eigenvalue weighted by atomic mass is 10.5. The molecule has 0 nitrogen and oxygen atoms in total. The zero-order valence-corrected chi connectivity index (χ0v) is 10.9. The highest BCUT2D eigenvalue weighted by atomic mass is 32.3. The molecule has 0 aliphatic rings. The Morgan fingerprint density at radius 1 is 0.923 bits per heavy atom. The molecule has 0 amide bonds. The van der Waals surface area contributed by atoms with Crippen LogP contribution >= 0.6 is 10.0 Å². The fourth-order valence-corrected chi connectivity index (χ4v) is 7.24. The van der Waals surface area contributed by atoms with Gasteiger partial charge in [0.2, 0.25) is 0 Å². The minimum absolute atomic E-state index is 0.514. The third-order valence-electron chi connectivity index (χ3n) is 3.04. The molecule has 0 unspecified atom stereocenters. The normalized spacial score (nSPS) is 14.2. The van der Waals surface area contributed by atoms with Gasteiger partial charge in [0.1, 0.15) is 0 Å². The Morgan fingerprint density at radius 3 is 1.31 bits per heavy atom. The van der Waals surface area contributed by atoms with Gasteiger partial charge in [-0.25, -0.2) is 10.0 Å². The molecule has 0 heterocycles. The maximum absolute atomic E-state index is 3.91. The molecule has 0 rings (SSSR count). The predicted octanol–water partition coefficient (Wildman–Crippen LogP) is 4.20. The summed E-state index contributed by atoms with van der Waals surface area (Å²) in [5, 5.41) is 2.43. The SMILES string of the molecule is C=CCS(C(C)C)(C(C)C)C(C)C. The van der Waals surface area contributed by atoms with Crippen molar-refractivity contribution < 1.29 is 0 Å². The van der Waals surface area contributed by atoms with Gasteiger partial charge in [0.25, 0.3) is 0 Å². The first-order chi connectivity index (χ1) is 5.89. The molecule has 0 fully saturated rings. The zero-order chi connectivity index (χ0) is 10.6. The van der Waals surface area contributed by atoms with Gasteiger partial charge in [0, 0.05) is 0 Å². The van der Waals surface area contributed by atoms with Crippen LogP contribution in [-0.2, 0) is 0 Å². The summed E-state index contributed by atoms with van der Waals surface area (Å²) in [4.78, 5) is 0. The summed E-state index contributed by atoms with van der Waals surface area (Å²) in [6, 6.07) is 0. The molecule has 0 spiro atoms. The molecule has 0 saturated heterocycles. The van der Waals surface area contributed by atoms with Gasteiger partial charge in [-0.3, -0.25) is 0 Å². The van der Waals surface area contributed by atoms with E-state index in [1.807, 2.05) is 0 Å². The molecule has 1 heteroatoms.